The van der Waals surface area contributed by atoms with Crippen LogP contribution in [-0.2, 0) is 11.2 Å². The van der Waals surface area contributed by atoms with Crippen LogP contribution in [0, 0.1) is 0 Å². The molecule has 2 heterocycles. The molecule has 5 heteroatoms. The number of hydrogen-bond donors (Lipinski definition) is 2. The lowest BCUT2D eigenvalue weighted by atomic mass is 10.2. The lowest BCUT2D eigenvalue weighted by Crippen LogP contribution is -2.35. The van der Waals surface area contributed by atoms with Crippen LogP contribution in [0.4, 0.5) is 5.13 Å². The molecule has 1 aromatic heterocycles. The second-order valence-electron chi connectivity index (χ2n) is 4.03. The van der Waals surface area contributed by atoms with E-state index in [1.165, 1.54) is 11.3 Å². The average molecular weight is 239 g/mol. The zero-order valence-electron chi connectivity index (χ0n) is 9.45. The number of aromatic nitrogens is 1. The number of carbonyl (C=O) groups excluding carboxylic acids is 1. The predicted octanol–water partition coefficient (Wildman–Crippen LogP) is 1.79. The molecular formula is C11H17N3OS. The van der Waals surface area contributed by atoms with Crippen molar-refractivity contribution in [3.05, 3.63) is 11.1 Å². The first-order chi connectivity index (χ1) is 7.79. The number of nitrogens with one attached hydrogen (secondary N) is 2. The number of anilines is 1. The molecule has 1 amide bonds. The Morgan fingerprint density at radius 2 is 2.62 bits per heavy atom. The van der Waals surface area contributed by atoms with E-state index in [-0.39, 0.29) is 11.9 Å². The van der Waals surface area contributed by atoms with Crippen molar-refractivity contribution in [3.8, 4) is 0 Å². The maximum atomic E-state index is 11.8. The van der Waals surface area contributed by atoms with Gasteiger partial charge in [-0.05, 0) is 25.8 Å². The molecule has 1 aliphatic heterocycles. The van der Waals surface area contributed by atoms with Crippen molar-refractivity contribution >= 4 is 22.4 Å². The van der Waals surface area contributed by atoms with E-state index in [0.29, 0.717) is 0 Å². The Kier molecular flexibility index (Phi) is 3.90. The molecule has 0 bridgehead atoms. The number of hydrogen-bond acceptors (Lipinski definition) is 4. The maximum absolute atomic E-state index is 11.8. The van der Waals surface area contributed by atoms with Crippen LogP contribution in [0.1, 0.15) is 31.9 Å². The maximum Gasteiger partial charge on any atom is 0.243 e. The van der Waals surface area contributed by atoms with Crippen LogP contribution in [-0.4, -0.2) is 23.5 Å². The van der Waals surface area contributed by atoms with Crippen molar-refractivity contribution in [1.29, 1.82) is 0 Å². The highest BCUT2D eigenvalue weighted by Gasteiger charge is 2.22. The minimum absolute atomic E-state index is 0.0291. The number of aryl methyl sites for hydroxylation is 1. The lowest BCUT2D eigenvalue weighted by molar-refractivity contribution is -0.117. The third-order valence-corrected chi connectivity index (χ3v) is 3.47. The topological polar surface area (TPSA) is 54.0 Å². The minimum atomic E-state index is -0.0291. The summed E-state index contributed by atoms with van der Waals surface area (Å²) >= 11 is 1.51. The van der Waals surface area contributed by atoms with E-state index in [0.717, 1.165) is 43.1 Å². The van der Waals surface area contributed by atoms with Crippen molar-refractivity contribution in [2.24, 2.45) is 0 Å². The van der Waals surface area contributed by atoms with Crippen LogP contribution >= 0.6 is 11.3 Å². The molecule has 1 aliphatic rings. The van der Waals surface area contributed by atoms with Gasteiger partial charge in [-0.25, -0.2) is 4.98 Å². The first kappa shape index (κ1) is 11.5. The predicted molar refractivity (Wildman–Crippen MR) is 65.8 cm³/mol. The second kappa shape index (κ2) is 5.41. The first-order valence-corrected chi connectivity index (χ1v) is 6.66. The summed E-state index contributed by atoms with van der Waals surface area (Å²) in [6.07, 6.45) is 4.07. The smallest absolute Gasteiger partial charge is 0.243 e. The van der Waals surface area contributed by atoms with Gasteiger partial charge >= 0.3 is 0 Å². The molecule has 0 aliphatic carbocycles. The van der Waals surface area contributed by atoms with Gasteiger partial charge < -0.3 is 10.6 Å². The zero-order chi connectivity index (χ0) is 11.4. The quantitative estimate of drug-likeness (QED) is 0.842. The third kappa shape index (κ3) is 2.80. The Hall–Kier alpha value is -0.940. The molecule has 16 heavy (non-hydrogen) atoms. The van der Waals surface area contributed by atoms with Gasteiger partial charge in [0, 0.05) is 5.38 Å². The van der Waals surface area contributed by atoms with Crippen LogP contribution in [0.25, 0.3) is 0 Å². The summed E-state index contributed by atoms with van der Waals surface area (Å²) < 4.78 is 0. The van der Waals surface area contributed by atoms with Crippen LogP contribution < -0.4 is 10.6 Å². The van der Waals surface area contributed by atoms with Crippen LogP contribution in [0.3, 0.4) is 0 Å². The molecule has 1 aromatic rings. The molecule has 1 fully saturated rings. The van der Waals surface area contributed by atoms with Gasteiger partial charge in [0.15, 0.2) is 5.13 Å². The Balaban J connectivity index is 1.89. The fourth-order valence-electron chi connectivity index (χ4n) is 1.84. The fraction of sp³-hybridized carbons (Fsp3) is 0.636. The van der Waals surface area contributed by atoms with E-state index in [1.807, 2.05) is 5.38 Å². The molecule has 1 atom stereocenters. The molecule has 0 radical (unpaired) electrons. The summed E-state index contributed by atoms with van der Waals surface area (Å²) in [5.74, 6) is 0.0508. The number of rotatable bonds is 4. The molecule has 1 saturated heterocycles. The van der Waals surface area contributed by atoms with Crippen molar-refractivity contribution in [1.82, 2.24) is 10.3 Å². The SMILES string of the molecule is CCCc1csc(NC(=O)C2CCCN2)n1. The van der Waals surface area contributed by atoms with Crippen molar-refractivity contribution < 1.29 is 4.79 Å². The van der Waals surface area contributed by atoms with Crippen molar-refractivity contribution in [2.45, 2.75) is 38.6 Å². The van der Waals surface area contributed by atoms with Gasteiger partial charge in [0.1, 0.15) is 0 Å². The van der Waals surface area contributed by atoms with E-state index in [9.17, 15) is 4.79 Å². The highest BCUT2D eigenvalue weighted by molar-refractivity contribution is 7.13. The monoisotopic (exact) mass is 239 g/mol. The zero-order valence-corrected chi connectivity index (χ0v) is 10.3. The summed E-state index contributed by atoms with van der Waals surface area (Å²) in [6.45, 7) is 3.07. The van der Waals surface area contributed by atoms with Crippen LogP contribution in [0.5, 0.6) is 0 Å². The molecule has 2 rings (SSSR count). The van der Waals surface area contributed by atoms with Gasteiger partial charge in [-0.2, -0.15) is 0 Å². The Morgan fingerprint density at radius 1 is 1.75 bits per heavy atom. The van der Waals surface area contributed by atoms with Gasteiger partial charge in [-0.15, -0.1) is 11.3 Å². The summed E-state index contributed by atoms with van der Waals surface area (Å²) in [5, 5.41) is 8.78. The fourth-order valence-corrected chi connectivity index (χ4v) is 2.58. The summed E-state index contributed by atoms with van der Waals surface area (Å²) in [7, 11) is 0. The Labute approximate surface area is 99.5 Å². The van der Waals surface area contributed by atoms with Gasteiger partial charge in [-0.3, -0.25) is 4.79 Å². The molecule has 88 valence electrons. The molecule has 1 unspecified atom stereocenters. The molecule has 0 aromatic carbocycles. The van der Waals surface area contributed by atoms with Gasteiger partial charge in [0.05, 0.1) is 11.7 Å². The van der Waals surface area contributed by atoms with Crippen LogP contribution in [0.2, 0.25) is 0 Å². The number of nitrogens with zero attached hydrogens (tertiary/aromatic N) is 1. The highest BCUT2D eigenvalue weighted by Crippen LogP contribution is 2.17. The largest absolute Gasteiger partial charge is 0.306 e. The molecule has 2 N–H and O–H groups in total. The van der Waals surface area contributed by atoms with Crippen LogP contribution in [0.15, 0.2) is 5.38 Å². The lowest BCUT2D eigenvalue weighted by Gasteiger charge is -2.08. The summed E-state index contributed by atoms with van der Waals surface area (Å²) in [5.41, 5.74) is 1.07. The van der Waals surface area contributed by atoms with Crippen molar-refractivity contribution in [3.63, 3.8) is 0 Å². The van der Waals surface area contributed by atoms with E-state index in [4.69, 9.17) is 0 Å². The summed E-state index contributed by atoms with van der Waals surface area (Å²) in [4.78, 5) is 16.1. The Bertz CT molecular complexity index is 358. The number of thiazole rings is 1. The molecule has 0 saturated carbocycles. The van der Waals surface area contributed by atoms with Gasteiger partial charge in [0.25, 0.3) is 0 Å². The third-order valence-electron chi connectivity index (χ3n) is 2.66. The summed E-state index contributed by atoms with van der Waals surface area (Å²) in [6, 6.07) is -0.0291. The normalized spacial score (nSPS) is 19.9. The number of carbonyl (C=O) groups is 1. The standard InChI is InChI=1S/C11H17N3OS/c1-2-4-8-7-16-11(13-8)14-10(15)9-5-3-6-12-9/h7,9,12H,2-6H2,1H3,(H,13,14,15). The van der Waals surface area contributed by atoms with Gasteiger partial charge in [-0.1, -0.05) is 13.3 Å². The van der Waals surface area contributed by atoms with Crippen molar-refractivity contribution in [2.75, 3.05) is 11.9 Å². The van der Waals surface area contributed by atoms with E-state index >= 15 is 0 Å². The van der Waals surface area contributed by atoms with Gasteiger partial charge in [0.2, 0.25) is 5.91 Å². The Morgan fingerprint density at radius 3 is 3.31 bits per heavy atom. The van der Waals surface area contributed by atoms with E-state index < -0.39 is 0 Å². The van der Waals surface area contributed by atoms with E-state index in [2.05, 4.69) is 22.5 Å². The molecular weight excluding hydrogens is 222 g/mol. The highest BCUT2D eigenvalue weighted by atomic mass is 32.1. The molecule has 4 nitrogen and oxygen atoms in total. The first-order valence-electron chi connectivity index (χ1n) is 5.78. The number of amides is 1. The molecule has 0 spiro atoms. The van der Waals surface area contributed by atoms with E-state index in [1.54, 1.807) is 0 Å². The minimum Gasteiger partial charge on any atom is -0.306 e. The average Bonchev–Trinajstić information content (AvgIpc) is 2.89. The second-order valence-corrected chi connectivity index (χ2v) is 4.89.